The molecule has 0 aliphatic heterocycles. The number of para-hydroxylation sites is 1. The summed E-state index contributed by atoms with van der Waals surface area (Å²) in [5.41, 5.74) is 1.07. The molecule has 8 heteroatoms. The number of aromatic nitrogens is 2. The predicted octanol–water partition coefficient (Wildman–Crippen LogP) is 3.38. The van der Waals surface area contributed by atoms with Crippen LogP contribution in [0.4, 0.5) is 5.69 Å². The fourth-order valence-corrected chi connectivity index (χ4v) is 3.53. The Balaban J connectivity index is 1.72. The van der Waals surface area contributed by atoms with Gasteiger partial charge in [-0.2, -0.15) is 5.26 Å². The number of fused-ring (bicyclic) bond motifs is 1. The van der Waals surface area contributed by atoms with Crippen molar-refractivity contribution >= 4 is 34.1 Å². The number of nitrogens with one attached hydrogen (secondary N) is 1. The van der Waals surface area contributed by atoms with Gasteiger partial charge in [-0.1, -0.05) is 35.9 Å². The highest BCUT2D eigenvalue weighted by Crippen LogP contribution is 2.12. The molecule has 4 rings (SSSR count). The summed E-state index contributed by atoms with van der Waals surface area (Å²) in [6.07, 6.45) is 0. The maximum Gasteiger partial charge on any atom is 0.332 e. The van der Waals surface area contributed by atoms with Gasteiger partial charge in [-0.15, -0.1) is 0 Å². The Bertz CT molecular complexity index is 1460. The third-order valence-electron chi connectivity index (χ3n) is 4.99. The summed E-state index contributed by atoms with van der Waals surface area (Å²) >= 11 is 5.93. The Hall–Kier alpha value is -4.15. The zero-order valence-electron chi connectivity index (χ0n) is 16.8. The van der Waals surface area contributed by atoms with Gasteiger partial charge >= 0.3 is 5.69 Å². The van der Waals surface area contributed by atoms with Gasteiger partial charge in [0.25, 0.3) is 5.56 Å². The summed E-state index contributed by atoms with van der Waals surface area (Å²) in [5.74, 6) is -0.432. The highest BCUT2D eigenvalue weighted by atomic mass is 35.5. The van der Waals surface area contributed by atoms with Crippen molar-refractivity contribution < 1.29 is 4.79 Å². The van der Waals surface area contributed by atoms with E-state index < -0.39 is 17.2 Å². The highest BCUT2D eigenvalue weighted by Gasteiger charge is 2.16. The van der Waals surface area contributed by atoms with Crippen molar-refractivity contribution in [3.05, 3.63) is 110 Å². The van der Waals surface area contributed by atoms with Crippen LogP contribution >= 0.6 is 11.6 Å². The van der Waals surface area contributed by atoms with E-state index >= 15 is 0 Å². The molecule has 0 aliphatic carbocycles. The van der Waals surface area contributed by atoms with Gasteiger partial charge in [0.2, 0.25) is 5.91 Å². The number of hydrogen-bond acceptors (Lipinski definition) is 4. The van der Waals surface area contributed by atoms with Crippen molar-refractivity contribution in [3.8, 4) is 6.07 Å². The molecule has 1 aromatic heterocycles. The van der Waals surface area contributed by atoms with Crippen LogP contribution in [0, 0.1) is 11.3 Å². The number of nitrogens with zero attached hydrogens (tertiary/aromatic N) is 3. The molecule has 0 unspecified atom stereocenters. The van der Waals surface area contributed by atoms with Crippen LogP contribution in [-0.4, -0.2) is 15.0 Å². The van der Waals surface area contributed by atoms with Crippen LogP contribution in [-0.2, 0) is 17.9 Å². The lowest BCUT2D eigenvalue weighted by atomic mass is 10.2. The minimum atomic E-state index is -0.585. The zero-order valence-corrected chi connectivity index (χ0v) is 17.5. The highest BCUT2D eigenvalue weighted by molar-refractivity contribution is 6.30. The monoisotopic (exact) mass is 444 g/mol. The average molecular weight is 445 g/mol. The lowest BCUT2D eigenvalue weighted by Gasteiger charge is -2.14. The van der Waals surface area contributed by atoms with E-state index in [-0.39, 0.29) is 13.1 Å². The summed E-state index contributed by atoms with van der Waals surface area (Å²) in [5, 5.41) is 12.5. The Kier molecular flexibility index (Phi) is 5.88. The first kappa shape index (κ1) is 21.1. The number of hydrogen-bond donors (Lipinski definition) is 1. The number of rotatable bonds is 5. The topological polar surface area (TPSA) is 96.9 Å². The summed E-state index contributed by atoms with van der Waals surface area (Å²) in [6.45, 7) is -0.225. The number of amides is 1. The van der Waals surface area contributed by atoms with Crippen LogP contribution in [0.1, 0.15) is 11.1 Å². The summed E-state index contributed by atoms with van der Waals surface area (Å²) in [7, 11) is 0. The Labute approximate surface area is 187 Å². The molecule has 0 spiro atoms. The molecule has 1 amide bonds. The van der Waals surface area contributed by atoms with Gasteiger partial charge in [-0.3, -0.25) is 18.7 Å². The lowest BCUT2D eigenvalue weighted by Crippen LogP contribution is -2.42. The molecule has 158 valence electrons. The number of carbonyl (C=O) groups is 1. The maximum atomic E-state index is 13.2. The first-order chi connectivity index (χ1) is 15.5. The second kappa shape index (κ2) is 8.92. The quantitative estimate of drug-likeness (QED) is 0.510. The van der Waals surface area contributed by atoms with Crippen molar-refractivity contribution in [2.75, 3.05) is 5.32 Å². The number of nitriles is 1. The minimum Gasteiger partial charge on any atom is -0.325 e. The van der Waals surface area contributed by atoms with Crippen LogP contribution in [0.5, 0.6) is 0 Å². The van der Waals surface area contributed by atoms with Crippen molar-refractivity contribution in [1.29, 1.82) is 5.26 Å². The molecule has 0 saturated carbocycles. The van der Waals surface area contributed by atoms with Crippen LogP contribution in [0.15, 0.2) is 82.4 Å². The molecule has 4 aromatic rings. The summed E-state index contributed by atoms with van der Waals surface area (Å²) in [6, 6.07) is 21.9. The van der Waals surface area contributed by atoms with E-state index in [9.17, 15) is 14.4 Å². The van der Waals surface area contributed by atoms with Gasteiger partial charge in [0.05, 0.1) is 29.1 Å². The minimum absolute atomic E-state index is 0.0525. The van der Waals surface area contributed by atoms with Crippen molar-refractivity contribution in [3.63, 3.8) is 0 Å². The molecule has 0 atom stereocenters. The molecule has 0 aliphatic rings. The van der Waals surface area contributed by atoms with Gasteiger partial charge in [-0.05, 0) is 54.1 Å². The number of carbonyl (C=O) groups excluding carboxylic acids is 1. The van der Waals surface area contributed by atoms with Gasteiger partial charge in [0.1, 0.15) is 6.54 Å². The van der Waals surface area contributed by atoms with Crippen molar-refractivity contribution in [2.24, 2.45) is 0 Å². The standard InChI is InChI=1S/C24H17ClN4O3/c25-18-9-5-17(6-10-18)14-29-23(31)20-3-1-2-4-21(20)28(24(29)32)15-22(30)27-19-11-7-16(13-26)8-12-19/h1-12H,14-15H2,(H,27,30). The lowest BCUT2D eigenvalue weighted by molar-refractivity contribution is -0.116. The Morgan fingerprint density at radius 1 is 0.938 bits per heavy atom. The number of halogens is 1. The fraction of sp³-hybridized carbons (Fsp3) is 0.0833. The second-order valence-corrected chi connectivity index (χ2v) is 7.58. The largest absolute Gasteiger partial charge is 0.332 e. The van der Waals surface area contributed by atoms with E-state index in [1.807, 2.05) is 6.07 Å². The van der Waals surface area contributed by atoms with Crippen molar-refractivity contribution in [2.45, 2.75) is 13.1 Å². The van der Waals surface area contributed by atoms with E-state index in [4.69, 9.17) is 16.9 Å². The Morgan fingerprint density at radius 2 is 1.62 bits per heavy atom. The molecule has 0 fully saturated rings. The molecule has 1 heterocycles. The van der Waals surface area contributed by atoms with Crippen LogP contribution in [0.2, 0.25) is 5.02 Å². The van der Waals surface area contributed by atoms with Gasteiger partial charge in [-0.25, -0.2) is 4.79 Å². The second-order valence-electron chi connectivity index (χ2n) is 7.14. The smallest absolute Gasteiger partial charge is 0.325 e. The Morgan fingerprint density at radius 3 is 2.31 bits per heavy atom. The maximum absolute atomic E-state index is 13.2. The molecule has 32 heavy (non-hydrogen) atoms. The van der Waals surface area contributed by atoms with Gasteiger partial charge < -0.3 is 5.32 Å². The fourth-order valence-electron chi connectivity index (χ4n) is 3.41. The molecule has 7 nitrogen and oxygen atoms in total. The first-order valence-corrected chi connectivity index (χ1v) is 10.1. The third-order valence-corrected chi connectivity index (χ3v) is 5.24. The number of benzene rings is 3. The normalized spacial score (nSPS) is 10.6. The van der Waals surface area contributed by atoms with Crippen LogP contribution < -0.4 is 16.6 Å². The van der Waals surface area contributed by atoms with Crippen LogP contribution in [0.25, 0.3) is 10.9 Å². The molecular weight excluding hydrogens is 428 g/mol. The van der Waals surface area contributed by atoms with E-state index in [0.29, 0.717) is 27.2 Å². The van der Waals surface area contributed by atoms with E-state index in [1.54, 1.807) is 72.8 Å². The molecular formula is C24H17ClN4O3. The average Bonchev–Trinajstić information content (AvgIpc) is 2.81. The SMILES string of the molecule is N#Cc1ccc(NC(=O)Cn2c(=O)n(Cc3ccc(Cl)cc3)c(=O)c3ccccc32)cc1. The molecule has 0 saturated heterocycles. The summed E-state index contributed by atoms with van der Waals surface area (Å²) in [4.78, 5) is 38.9. The van der Waals surface area contributed by atoms with Gasteiger partial charge in [0.15, 0.2) is 0 Å². The molecule has 0 radical (unpaired) electrons. The molecule has 1 N–H and O–H groups in total. The third kappa shape index (κ3) is 4.31. The predicted molar refractivity (Wildman–Crippen MR) is 123 cm³/mol. The zero-order chi connectivity index (χ0) is 22.7. The van der Waals surface area contributed by atoms with Gasteiger partial charge in [0, 0.05) is 10.7 Å². The number of anilines is 1. The van der Waals surface area contributed by atoms with E-state index in [0.717, 1.165) is 10.1 Å². The van der Waals surface area contributed by atoms with Crippen LogP contribution in [0.3, 0.4) is 0 Å². The molecule has 3 aromatic carbocycles. The van der Waals surface area contributed by atoms with Crippen molar-refractivity contribution in [1.82, 2.24) is 9.13 Å². The molecule has 0 bridgehead atoms. The summed E-state index contributed by atoms with van der Waals surface area (Å²) < 4.78 is 2.40. The van der Waals surface area contributed by atoms with E-state index in [2.05, 4.69) is 5.32 Å². The van der Waals surface area contributed by atoms with E-state index in [1.165, 1.54) is 4.57 Å². The first-order valence-electron chi connectivity index (χ1n) is 9.73.